The smallest absolute Gasteiger partial charge is 0.0501 e. The summed E-state index contributed by atoms with van der Waals surface area (Å²) in [4.78, 5) is 0. The first-order valence-electron chi connectivity index (χ1n) is 5.16. The van der Waals surface area contributed by atoms with Gasteiger partial charge in [-0.05, 0) is 19.9 Å². The molecule has 1 heterocycles. The molecule has 0 aromatic heterocycles. The molecule has 0 unspecified atom stereocenters. The molecule has 1 fully saturated rings. The molecule has 2 N–H and O–H groups in total. The predicted molar refractivity (Wildman–Crippen MR) is 54.8 cm³/mol. The Hall–Kier alpha value is -0.120. The Morgan fingerprint density at radius 1 is 1.31 bits per heavy atom. The summed E-state index contributed by atoms with van der Waals surface area (Å²) in [5.74, 6) is 0. The Kier molecular flexibility index (Phi) is 7.23. The lowest BCUT2D eigenvalue weighted by Crippen LogP contribution is -2.40. The third-order valence-corrected chi connectivity index (χ3v) is 2.44. The second-order valence-corrected chi connectivity index (χ2v) is 3.30. The van der Waals surface area contributed by atoms with Crippen LogP contribution in [0, 0.1) is 5.41 Å². The average Bonchev–Trinajstić information content (AvgIpc) is 2.23. The second-order valence-electron chi connectivity index (χ2n) is 3.30. The summed E-state index contributed by atoms with van der Waals surface area (Å²) < 4.78 is 5.23. The maximum Gasteiger partial charge on any atom is 0.0501 e. The van der Waals surface area contributed by atoms with E-state index in [2.05, 4.69) is 5.32 Å². The molecule has 0 atom stereocenters. The van der Waals surface area contributed by atoms with Gasteiger partial charge in [-0.15, -0.1) is 0 Å². The number of hydrogen-bond donors (Lipinski definition) is 2. The molecule has 0 amide bonds. The number of aliphatic hydroxyl groups is 1. The zero-order valence-electron chi connectivity index (χ0n) is 9.10. The first-order chi connectivity index (χ1) is 6.33. The number of aliphatic hydroxyl groups excluding tert-OH is 1. The SMILES string of the molecule is CC.CNCC1(CO)CCOCC1. The maximum atomic E-state index is 9.18. The van der Waals surface area contributed by atoms with Crippen molar-refractivity contribution in [2.24, 2.45) is 5.41 Å². The molecule has 80 valence electrons. The van der Waals surface area contributed by atoms with Gasteiger partial charge in [-0.25, -0.2) is 0 Å². The lowest BCUT2D eigenvalue weighted by atomic mass is 9.81. The standard InChI is InChI=1S/C8H17NO2.C2H6/c1-9-6-8(7-10)2-4-11-5-3-8;1-2/h9-10H,2-7H2,1H3;1-2H3. The minimum absolute atomic E-state index is 0.0903. The molecule has 0 saturated carbocycles. The molecule has 1 aliphatic heterocycles. The van der Waals surface area contributed by atoms with Crippen molar-refractivity contribution in [1.29, 1.82) is 0 Å². The number of ether oxygens (including phenoxy) is 1. The predicted octanol–water partition coefficient (Wildman–Crippen LogP) is 1.02. The molecule has 0 aromatic carbocycles. The van der Waals surface area contributed by atoms with Crippen molar-refractivity contribution >= 4 is 0 Å². The zero-order valence-corrected chi connectivity index (χ0v) is 9.10. The number of nitrogens with one attached hydrogen (secondary N) is 1. The second kappa shape index (κ2) is 7.30. The van der Waals surface area contributed by atoms with Crippen molar-refractivity contribution in [3.05, 3.63) is 0 Å². The van der Waals surface area contributed by atoms with E-state index in [1.54, 1.807) is 0 Å². The van der Waals surface area contributed by atoms with Crippen molar-refractivity contribution in [3.8, 4) is 0 Å². The molecule has 0 spiro atoms. The molecule has 0 aliphatic carbocycles. The van der Waals surface area contributed by atoms with Gasteiger partial charge in [0.1, 0.15) is 0 Å². The van der Waals surface area contributed by atoms with Gasteiger partial charge in [-0.3, -0.25) is 0 Å². The summed E-state index contributed by atoms with van der Waals surface area (Å²) >= 11 is 0. The minimum Gasteiger partial charge on any atom is -0.396 e. The fourth-order valence-electron chi connectivity index (χ4n) is 1.57. The van der Waals surface area contributed by atoms with Gasteiger partial charge in [0.25, 0.3) is 0 Å². The van der Waals surface area contributed by atoms with Crippen LogP contribution < -0.4 is 5.32 Å². The highest BCUT2D eigenvalue weighted by Crippen LogP contribution is 2.28. The fraction of sp³-hybridized carbons (Fsp3) is 1.00. The van der Waals surface area contributed by atoms with E-state index in [0.717, 1.165) is 32.6 Å². The van der Waals surface area contributed by atoms with Crippen LogP contribution >= 0.6 is 0 Å². The summed E-state index contributed by atoms with van der Waals surface area (Å²) in [7, 11) is 1.92. The fourth-order valence-corrected chi connectivity index (χ4v) is 1.57. The summed E-state index contributed by atoms with van der Waals surface area (Å²) in [6.45, 7) is 6.76. The number of rotatable bonds is 3. The lowest BCUT2D eigenvalue weighted by Gasteiger charge is -2.35. The highest BCUT2D eigenvalue weighted by Gasteiger charge is 2.30. The van der Waals surface area contributed by atoms with Gasteiger partial charge in [-0.1, -0.05) is 13.8 Å². The Morgan fingerprint density at radius 3 is 2.23 bits per heavy atom. The van der Waals surface area contributed by atoms with Gasteiger partial charge in [0.15, 0.2) is 0 Å². The molecular formula is C10H23NO2. The molecule has 0 bridgehead atoms. The molecule has 3 heteroatoms. The first kappa shape index (κ1) is 12.9. The van der Waals surface area contributed by atoms with E-state index in [4.69, 9.17) is 4.74 Å². The molecule has 1 rings (SSSR count). The monoisotopic (exact) mass is 189 g/mol. The van der Waals surface area contributed by atoms with E-state index in [9.17, 15) is 5.11 Å². The van der Waals surface area contributed by atoms with Crippen LogP contribution in [0.25, 0.3) is 0 Å². The van der Waals surface area contributed by atoms with Crippen molar-refractivity contribution in [3.63, 3.8) is 0 Å². The molecule has 1 saturated heterocycles. The summed E-state index contributed by atoms with van der Waals surface area (Å²) in [5.41, 5.74) is 0.0903. The highest BCUT2D eigenvalue weighted by molar-refractivity contribution is 4.82. The van der Waals surface area contributed by atoms with Crippen LogP contribution in [0.4, 0.5) is 0 Å². The van der Waals surface area contributed by atoms with Gasteiger partial charge in [0.05, 0.1) is 6.61 Å². The molecule has 13 heavy (non-hydrogen) atoms. The lowest BCUT2D eigenvalue weighted by molar-refractivity contribution is -0.0143. The van der Waals surface area contributed by atoms with Crippen molar-refractivity contribution < 1.29 is 9.84 Å². The van der Waals surface area contributed by atoms with E-state index in [0.29, 0.717) is 0 Å². The van der Waals surface area contributed by atoms with Gasteiger partial charge < -0.3 is 15.2 Å². The normalized spacial score (nSPS) is 20.3. The van der Waals surface area contributed by atoms with Crippen molar-refractivity contribution in [2.45, 2.75) is 26.7 Å². The Labute approximate surface area is 81.5 Å². The van der Waals surface area contributed by atoms with Gasteiger partial charge >= 0.3 is 0 Å². The number of hydrogen-bond acceptors (Lipinski definition) is 3. The Balaban J connectivity index is 0.000000671. The average molecular weight is 189 g/mol. The van der Waals surface area contributed by atoms with Gasteiger partial charge in [0, 0.05) is 25.2 Å². The van der Waals surface area contributed by atoms with E-state index in [-0.39, 0.29) is 12.0 Å². The van der Waals surface area contributed by atoms with E-state index in [1.165, 1.54) is 0 Å². The van der Waals surface area contributed by atoms with Crippen molar-refractivity contribution in [1.82, 2.24) is 5.32 Å². The van der Waals surface area contributed by atoms with Crippen LogP contribution in [0.5, 0.6) is 0 Å². The zero-order chi connectivity index (χ0) is 10.2. The largest absolute Gasteiger partial charge is 0.396 e. The van der Waals surface area contributed by atoms with Gasteiger partial charge in [-0.2, -0.15) is 0 Å². The topological polar surface area (TPSA) is 41.5 Å². The summed E-state index contributed by atoms with van der Waals surface area (Å²) in [5, 5.41) is 12.3. The first-order valence-corrected chi connectivity index (χ1v) is 5.16. The van der Waals surface area contributed by atoms with E-state index < -0.39 is 0 Å². The van der Waals surface area contributed by atoms with Crippen LogP contribution in [0.1, 0.15) is 26.7 Å². The molecule has 3 nitrogen and oxygen atoms in total. The van der Waals surface area contributed by atoms with E-state index >= 15 is 0 Å². The quantitative estimate of drug-likeness (QED) is 0.696. The van der Waals surface area contributed by atoms with E-state index in [1.807, 2.05) is 20.9 Å². The van der Waals surface area contributed by atoms with Crippen LogP contribution in [0.15, 0.2) is 0 Å². The maximum absolute atomic E-state index is 9.18. The Morgan fingerprint density at radius 2 is 1.85 bits per heavy atom. The van der Waals surface area contributed by atoms with Gasteiger partial charge in [0.2, 0.25) is 0 Å². The molecule has 0 aromatic rings. The minimum atomic E-state index is 0.0903. The third kappa shape index (κ3) is 4.07. The van der Waals surface area contributed by atoms with Crippen LogP contribution in [0.2, 0.25) is 0 Å². The summed E-state index contributed by atoms with van der Waals surface area (Å²) in [6, 6.07) is 0. The molecule has 0 radical (unpaired) electrons. The molecular weight excluding hydrogens is 166 g/mol. The van der Waals surface area contributed by atoms with Crippen LogP contribution in [-0.4, -0.2) is 38.5 Å². The van der Waals surface area contributed by atoms with Crippen LogP contribution in [0.3, 0.4) is 0 Å². The van der Waals surface area contributed by atoms with Crippen LogP contribution in [-0.2, 0) is 4.74 Å². The highest BCUT2D eigenvalue weighted by atomic mass is 16.5. The Bertz CT molecular complexity index is 106. The molecule has 1 aliphatic rings. The van der Waals surface area contributed by atoms with Crippen molar-refractivity contribution in [2.75, 3.05) is 33.4 Å². The third-order valence-electron chi connectivity index (χ3n) is 2.44. The summed E-state index contributed by atoms with van der Waals surface area (Å²) in [6.07, 6.45) is 1.95.